The van der Waals surface area contributed by atoms with Gasteiger partial charge in [0.05, 0.1) is 12.6 Å². The van der Waals surface area contributed by atoms with Crippen LogP contribution in [0.3, 0.4) is 0 Å². The molecule has 0 aromatic heterocycles. The fourth-order valence-corrected chi connectivity index (χ4v) is 4.43. The molecule has 170 valence electrons. The molecular formula is C26H30Cl2N2O2. The number of carbonyl (C=O) groups is 1. The summed E-state index contributed by atoms with van der Waals surface area (Å²) in [5, 5.41) is 9.20. The maximum Gasteiger partial charge on any atom is 0.317 e. The van der Waals surface area contributed by atoms with Crippen LogP contribution in [-0.4, -0.2) is 53.1 Å². The molecule has 4 nitrogen and oxygen atoms in total. The van der Waals surface area contributed by atoms with Gasteiger partial charge in [0.1, 0.15) is 0 Å². The normalized spacial score (nSPS) is 17.6. The summed E-state index contributed by atoms with van der Waals surface area (Å²) in [4.78, 5) is 15.7. The second-order valence-electron chi connectivity index (χ2n) is 8.01. The molecule has 1 saturated heterocycles. The van der Waals surface area contributed by atoms with Crippen LogP contribution in [0.4, 0.5) is 0 Å². The van der Waals surface area contributed by atoms with Crippen LogP contribution in [-0.2, 0) is 4.79 Å². The van der Waals surface area contributed by atoms with Gasteiger partial charge in [-0.05, 0) is 35.2 Å². The summed E-state index contributed by atoms with van der Waals surface area (Å²) in [6.45, 7) is 4.66. The average molecular weight is 473 g/mol. The molecule has 1 aliphatic heterocycles. The van der Waals surface area contributed by atoms with E-state index in [0.29, 0.717) is 0 Å². The number of hydrogen-bond acceptors (Lipinski definition) is 3. The van der Waals surface area contributed by atoms with E-state index in [4.69, 9.17) is 0 Å². The molecule has 1 fully saturated rings. The lowest BCUT2D eigenvalue weighted by Crippen LogP contribution is -2.54. The Morgan fingerprint density at radius 3 is 2.09 bits per heavy atom. The van der Waals surface area contributed by atoms with Gasteiger partial charge in [0.2, 0.25) is 0 Å². The summed E-state index contributed by atoms with van der Waals surface area (Å²) < 4.78 is 0. The van der Waals surface area contributed by atoms with Crippen LogP contribution < -0.4 is 0 Å². The fraction of sp³-hybridized carbons (Fsp3) is 0.269. The van der Waals surface area contributed by atoms with Gasteiger partial charge < -0.3 is 5.11 Å². The smallest absolute Gasteiger partial charge is 0.317 e. The van der Waals surface area contributed by atoms with Crippen molar-refractivity contribution in [2.24, 2.45) is 0 Å². The van der Waals surface area contributed by atoms with Crippen molar-refractivity contribution < 1.29 is 9.90 Å². The molecule has 0 spiro atoms. The quantitative estimate of drug-likeness (QED) is 0.522. The van der Waals surface area contributed by atoms with Crippen molar-refractivity contribution in [2.75, 3.05) is 26.2 Å². The van der Waals surface area contributed by atoms with Crippen molar-refractivity contribution >= 4 is 30.8 Å². The molecule has 6 heteroatoms. The van der Waals surface area contributed by atoms with Crippen molar-refractivity contribution in [1.82, 2.24) is 9.80 Å². The number of aliphatic carboxylic acids is 1. The van der Waals surface area contributed by atoms with E-state index in [2.05, 4.69) is 89.5 Å². The van der Waals surface area contributed by atoms with Gasteiger partial charge in [-0.15, -0.1) is 24.8 Å². The maximum atomic E-state index is 11.2. The number of benzene rings is 3. The molecule has 0 amide bonds. The predicted octanol–water partition coefficient (Wildman–Crippen LogP) is 5.38. The molecule has 0 bridgehead atoms. The average Bonchev–Trinajstić information content (AvgIpc) is 2.77. The highest BCUT2D eigenvalue weighted by atomic mass is 35.5. The Balaban J connectivity index is 0.00000181. The Kier molecular flexibility index (Phi) is 9.73. The third-order valence-corrected chi connectivity index (χ3v) is 5.92. The Labute approximate surface area is 202 Å². The largest absolute Gasteiger partial charge is 0.480 e. The first-order valence-electron chi connectivity index (χ1n) is 10.5. The predicted molar refractivity (Wildman–Crippen MR) is 135 cm³/mol. The standard InChI is InChI=1S/C26H28N2O2.2ClH/c1-20-18-28(16-15-27(20)19-25(29)30)26(22-11-6-3-7-12-22)24-14-8-13-23(17-24)21-9-4-2-5-10-21;;/h2-14,17,20,26H,15-16,18-19H2,1H3,(H,29,30);2*1H/t20-,26?;;/m1../s1. The molecular weight excluding hydrogens is 443 g/mol. The van der Waals surface area contributed by atoms with Gasteiger partial charge in [0.15, 0.2) is 0 Å². The minimum atomic E-state index is -0.759. The van der Waals surface area contributed by atoms with Gasteiger partial charge >= 0.3 is 5.97 Å². The van der Waals surface area contributed by atoms with Crippen LogP contribution in [0.1, 0.15) is 24.1 Å². The van der Waals surface area contributed by atoms with E-state index >= 15 is 0 Å². The van der Waals surface area contributed by atoms with Crippen molar-refractivity contribution in [3.8, 4) is 11.1 Å². The van der Waals surface area contributed by atoms with E-state index in [-0.39, 0.29) is 43.4 Å². The van der Waals surface area contributed by atoms with Gasteiger partial charge in [0, 0.05) is 25.7 Å². The number of hydrogen-bond donors (Lipinski definition) is 1. The number of halogens is 2. The number of nitrogens with zero attached hydrogens (tertiary/aromatic N) is 2. The third-order valence-electron chi connectivity index (χ3n) is 5.92. The zero-order chi connectivity index (χ0) is 20.9. The van der Waals surface area contributed by atoms with Crippen LogP contribution in [0, 0.1) is 0 Å². The monoisotopic (exact) mass is 472 g/mol. The van der Waals surface area contributed by atoms with E-state index < -0.39 is 5.97 Å². The minimum absolute atomic E-state index is 0. The Hall–Kier alpha value is -2.37. The number of carboxylic acids is 1. The van der Waals surface area contributed by atoms with E-state index in [1.807, 2.05) is 12.1 Å². The highest BCUT2D eigenvalue weighted by molar-refractivity contribution is 5.85. The van der Waals surface area contributed by atoms with Crippen LogP contribution in [0.5, 0.6) is 0 Å². The summed E-state index contributed by atoms with van der Waals surface area (Å²) >= 11 is 0. The molecule has 2 atom stereocenters. The molecule has 3 aromatic rings. The zero-order valence-electron chi connectivity index (χ0n) is 18.1. The fourth-order valence-electron chi connectivity index (χ4n) is 4.43. The first-order valence-corrected chi connectivity index (χ1v) is 10.5. The Morgan fingerprint density at radius 1 is 0.875 bits per heavy atom. The van der Waals surface area contributed by atoms with E-state index in [1.54, 1.807) is 0 Å². The summed E-state index contributed by atoms with van der Waals surface area (Å²) in [6, 6.07) is 30.2. The van der Waals surface area contributed by atoms with Crippen molar-refractivity contribution in [3.05, 3.63) is 96.1 Å². The molecule has 3 aromatic carbocycles. The van der Waals surface area contributed by atoms with Gasteiger partial charge in [-0.2, -0.15) is 0 Å². The van der Waals surface area contributed by atoms with Gasteiger partial charge in [-0.1, -0.05) is 78.9 Å². The van der Waals surface area contributed by atoms with Crippen LogP contribution in [0.25, 0.3) is 11.1 Å². The molecule has 0 saturated carbocycles. The van der Waals surface area contributed by atoms with Crippen molar-refractivity contribution in [2.45, 2.75) is 19.0 Å². The number of piperazine rings is 1. The van der Waals surface area contributed by atoms with Crippen molar-refractivity contribution in [3.63, 3.8) is 0 Å². The van der Waals surface area contributed by atoms with E-state index in [9.17, 15) is 9.90 Å². The van der Waals surface area contributed by atoms with E-state index in [0.717, 1.165) is 19.6 Å². The van der Waals surface area contributed by atoms with Crippen molar-refractivity contribution in [1.29, 1.82) is 0 Å². The Morgan fingerprint density at radius 2 is 1.47 bits per heavy atom. The van der Waals surface area contributed by atoms with Crippen LogP contribution >= 0.6 is 24.8 Å². The highest BCUT2D eigenvalue weighted by Gasteiger charge is 2.31. The molecule has 0 aliphatic carbocycles. The second-order valence-corrected chi connectivity index (χ2v) is 8.01. The lowest BCUT2D eigenvalue weighted by Gasteiger charge is -2.43. The van der Waals surface area contributed by atoms with Crippen LogP contribution in [0.15, 0.2) is 84.9 Å². The zero-order valence-corrected chi connectivity index (χ0v) is 19.8. The second kappa shape index (κ2) is 12.0. The molecule has 1 aliphatic rings. The highest BCUT2D eigenvalue weighted by Crippen LogP contribution is 2.33. The summed E-state index contributed by atoms with van der Waals surface area (Å²) in [5.74, 6) is -0.759. The first kappa shape index (κ1) is 25.9. The SMILES string of the molecule is C[C@@H]1CN(C(c2ccccc2)c2cccc(-c3ccccc3)c2)CCN1CC(=O)O.Cl.Cl. The summed E-state index contributed by atoms with van der Waals surface area (Å²) in [5.41, 5.74) is 4.96. The maximum absolute atomic E-state index is 11.2. The van der Waals surface area contributed by atoms with Gasteiger partial charge in [-0.3, -0.25) is 14.6 Å². The topological polar surface area (TPSA) is 43.8 Å². The lowest BCUT2D eigenvalue weighted by molar-refractivity contribution is -0.139. The minimum Gasteiger partial charge on any atom is -0.480 e. The molecule has 1 N–H and O–H groups in total. The summed E-state index contributed by atoms with van der Waals surface area (Å²) in [6.07, 6.45) is 0. The molecule has 1 unspecified atom stereocenters. The van der Waals surface area contributed by atoms with Gasteiger partial charge in [0.25, 0.3) is 0 Å². The Bertz CT molecular complexity index is 985. The molecule has 4 rings (SSSR count). The third kappa shape index (κ3) is 6.11. The number of rotatable bonds is 6. The molecule has 32 heavy (non-hydrogen) atoms. The van der Waals surface area contributed by atoms with E-state index in [1.165, 1.54) is 22.3 Å². The lowest BCUT2D eigenvalue weighted by atomic mass is 9.93. The number of carboxylic acid groups (broad SMARTS) is 1. The first-order chi connectivity index (χ1) is 14.6. The van der Waals surface area contributed by atoms with Crippen LogP contribution in [0.2, 0.25) is 0 Å². The molecule has 0 radical (unpaired) electrons. The van der Waals surface area contributed by atoms with Gasteiger partial charge in [-0.25, -0.2) is 0 Å². The summed E-state index contributed by atoms with van der Waals surface area (Å²) in [7, 11) is 0. The molecule has 1 heterocycles.